The fourth-order valence-electron chi connectivity index (χ4n) is 4.68. The number of rotatable bonds is 4. The number of pyridine rings is 2. The zero-order chi connectivity index (χ0) is 20.7. The lowest BCUT2D eigenvalue weighted by molar-refractivity contribution is 0.0590. The van der Waals surface area contributed by atoms with Gasteiger partial charge >= 0.3 is 0 Å². The Labute approximate surface area is 173 Å². The molecule has 1 amide bonds. The molecule has 5 heterocycles. The molecule has 0 aromatic carbocycles. The minimum Gasteiger partial charge on any atom is -0.477 e. The largest absolute Gasteiger partial charge is 0.477 e. The number of carbonyl (C=O) groups excluding carboxylic acids is 1. The molecule has 8 heteroatoms. The number of likely N-dealkylation sites (tertiary alicyclic amines) is 1. The Balaban J connectivity index is 1.45. The second-order valence-corrected chi connectivity index (χ2v) is 7.82. The molecule has 0 aliphatic carbocycles. The van der Waals surface area contributed by atoms with Gasteiger partial charge in [-0.05, 0) is 43.5 Å². The highest BCUT2D eigenvalue weighted by Crippen LogP contribution is 2.36. The summed E-state index contributed by atoms with van der Waals surface area (Å²) in [6.07, 6.45) is 5.97. The molecule has 2 aliphatic rings. The normalized spacial score (nSPS) is 20.0. The molecular formula is C22H23N5O3. The summed E-state index contributed by atoms with van der Waals surface area (Å²) in [6, 6.07) is 7.36. The molecule has 0 saturated carbocycles. The Morgan fingerprint density at radius 2 is 2.10 bits per heavy atom. The van der Waals surface area contributed by atoms with E-state index in [9.17, 15) is 9.59 Å². The summed E-state index contributed by atoms with van der Waals surface area (Å²) in [7, 11) is 0. The molecule has 3 aromatic rings. The van der Waals surface area contributed by atoms with E-state index in [1.54, 1.807) is 30.7 Å². The number of H-pyrrole nitrogens is 1. The van der Waals surface area contributed by atoms with Crippen LogP contribution >= 0.6 is 0 Å². The maximum absolute atomic E-state index is 13.2. The van der Waals surface area contributed by atoms with Crippen molar-refractivity contribution >= 4 is 5.91 Å². The molecule has 154 valence electrons. The number of piperidine rings is 1. The second-order valence-electron chi connectivity index (χ2n) is 7.82. The lowest BCUT2D eigenvalue weighted by Gasteiger charge is -2.43. The smallest absolute Gasteiger partial charge is 0.261 e. The molecule has 30 heavy (non-hydrogen) atoms. The lowest BCUT2D eigenvalue weighted by atomic mass is 9.82. The number of nitrogens with zero attached hydrogens (tertiary/aromatic N) is 4. The van der Waals surface area contributed by atoms with Crippen LogP contribution in [0.25, 0.3) is 11.4 Å². The average Bonchev–Trinajstić information content (AvgIpc) is 3.29. The Hall–Kier alpha value is -3.42. The molecule has 2 bridgehead atoms. The van der Waals surface area contributed by atoms with Crippen LogP contribution in [-0.2, 0) is 6.54 Å². The lowest BCUT2D eigenvalue weighted by Crippen LogP contribution is -2.49. The number of hydrogen-bond acceptors (Lipinski definition) is 5. The first kappa shape index (κ1) is 18.6. The molecular weight excluding hydrogens is 382 g/mol. The monoisotopic (exact) mass is 405 g/mol. The van der Waals surface area contributed by atoms with Gasteiger partial charge in [-0.15, -0.1) is 0 Å². The van der Waals surface area contributed by atoms with Crippen LogP contribution in [-0.4, -0.2) is 50.0 Å². The van der Waals surface area contributed by atoms with Crippen LogP contribution in [0.1, 0.15) is 35.3 Å². The quantitative estimate of drug-likeness (QED) is 0.719. The predicted octanol–water partition coefficient (Wildman–Crippen LogP) is 2.29. The summed E-state index contributed by atoms with van der Waals surface area (Å²) in [5.74, 6) is 1.26. The highest BCUT2D eigenvalue weighted by Gasteiger charge is 2.37. The highest BCUT2D eigenvalue weighted by atomic mass is 16.5. The van der Waals surface area contributed by atoms with Crippen molar-refractivity contribution in [3.05, 3.63) is 64.5 Å². The molecule has 2 atom stereocenters. The van der Waals surface area contributed by atoms with Gasteiger partial charge in [-0.2, -0.15) is 0 Å². The number of carbonyl (C=O) groups is 1. The molecule has 0 unspecified atom stereocenters. The van der Waals surface area contributed by atoms with E-state index in [1.807, 2.05) is 28.5 Å². The third-order valence-corrected chi connectivity index (χ3v) is 5.93. The Morgan fingerprint density at radius 1 is 1.20 bits per heavy atom. The molecule has 1 saturated heterocycles. The summed E-state index contributed by atoms with van der Waals surface area (Å²) in [4.78, 5) is 39.7. The fraction of sp³-hybridized carbons (Fsp3) is 0.364. The van der Waals surface area contributed by atoms with E-state index in [-0.39, 0.29) is 23.3 Å². The number of aromatic nitrogens is 4. The van der Waals surface area contributed by atoms with E-state index >= 15 is 0 Å². The van der Waals surface area contributed by atoms with Gasteiger partial charge in [0.25, 0.3) is 11.5 Å². The first-order valence-corrected chi connectivity index (χ1v) is 10.3. The van der Waals surface area contributed by atoms with Crippen LogP contribution in [0.15, 0.2) is 47.7 Å². The van der Waals surface area contributed by atoms with Gasteiger partial charge in [0.05, 0.1) is 12.2 Å². The molecule has 5 rings (SSSR count). The predicted molar refractivity (Wildman–Crippen MR) is 110 cm³/mol. The molecule has 2 aliphatic heterocycles. The standard InChI is InChI=1S/C22H23N5O3/c1-2-30-20-17(4-3-7-25-20)21(28)26-11-14-10-15(13-26)18-6-5-16(19-23-8-9-24-19)22(29)27(18)12-14/h3-9,14-15H,2,10-13H2,1H3,(H,23,24)/t14-,15+/m0/s1. The molecule has 0 spiro atoms. The summed E-state index contributed by atoms with van der Waals surface area (Å²) in [5, 5.41) is 0. The van der Waals surface area contributed by atoms with Crippen molar-refractivity contribution in [3.8, 4) is 17.3 Å². The van der Waals surface area contributed by atoms with E-state index in [4.69, 9.17) is 4.74 Å². The summed E-state index contributed by atoms with van der Waals surface area (Å²) in [5.41, 5.74) is 2.03. The van der Waals surface area contributed by atoms with Crippen molar-refractivity contribution < 1.29 is 9.53 Å². The van der Waals surface area contributed by atoms with Crippen molar-refractivity contribution in [2.24, 2.45) is 5.92 Å². The zero-order valence-electron chi connectivity index (χ0n) is 16.7. The SMILES string of the molecule is CCOc1ncccc1C(=O)N1C[C@@H]2C[C@H](C1)c1ccc(-c3ncc[nH]3)c(=O)n1C2. The summed E-state index contributed by atoms with van der Waals surface area (Å²) >= 11 is 0. The first-order chi connectivity index (χ1) is 14.7. The number of fused-ring (bicyclic) bond motifs is 4. The van der Waals surface area contributed by atoms with Crippen LogP contribution in [0.5, 0.6) is 5.88 Å². The zero-order valence-corrected chi connectivity index (χ0v) is 16.7. The third kappa shape index (κ3) is 3.08. The van der Waals surface area contributed by atoms with Gasteiger partial charge in [-0.1, -0.05) is 0 Å². The topological polar surface area (TPSA) is 93.1 Å². The number of nitrogens with one attached hydrogen (secondary N) is 1. The van der Waals surface area contributed by atoms with Crippen molar-refractivity contribution in [3.63, 3.8) is 0 Å². The Morgan fingerprint density at radius 3 is 2.90 bits per heavy atom. The number of amides is 1. The van der Waals surface area contributed by atoms with E-state index in [0.29, 0.717) is 49.1 Å². The second kappa shape index (κ2) is 7.44. The fourth-order valence-corrected chi connectivity index (χ4v) is 4.68. The Kier molecular flexibility index (Phi) is 4.61. The maximum Gasteiger partial charge on any atom is 0.261 e. The van der Waals surface area contributed by atoms with Crippen LogP contribution in [0.2, 0.25) is 0 Å². The van der Waals surface area contributed by atoms with Crippen molar-refractivity contribution in [2.75, 3.05) is 19.7 Å². The van der Waals surface area contributed by atoms with Crippen LogP contribution in [0, 0.1) is 5.92 Å². The molecule has 0 radical (unpaired) electrons. The number of aromatic amines is 1. The van der Waals surface area contributed by atoms with E-state index in [0.717, 1.165) is 12.1 Å². The number of ether oxygens (including phenoxy) is 1. The number of imidazole rings is 1. The summed E-state index contributed by atoms with van der Waals surface area (Å²) < 4.78 is 7.42. The van der Waals surface area contributed by atoms with Gasteiger partial charge in [0, 0.05) is 49.8 Å². The van der Waals surface area contributed by atoms with Gasteiger partial charge in [0.2, 0.25) is 5.88 Å². The molecule has 1 N–H and O–H groups in total. The third-order valence-electron chi connectivity index (χ3n) is 5.93. The van der Waals surface area contributed by atoms with E-state index in [2.05, 4.69) is 15.0 Å². The van der Waals surface area contributed by atoms with Gasteiger partial charge in [0.1, 0.15) is 11.4 Å². The number of hydrogen-bond donors (Lipinski definition) is 1. The summed E-state index contributed by atoms with van der Waals surface area (Å²) in [6.45, 7) is 4.13. The van der Waals surface area contributed by atoms with Gasteiger partial charge in [-0.3, -0.25) is 9.59 Å². The molecule has 1 fully saturated rings. The van der Waals surface area contributed by atoms with Crippen LogP contribution in [0.4, 0.5) is 0 Å². The van der Waals surface area contributed by atoms with Crippen molar-refractivity contribution in [1.82, 2.24) is 24.4 Å². The van der Waals surface area contributed by atoms with Crippen LogP contribution < -0.4 is 10.3 Å². The van der Waals surface area contributed by atoms with Gasteiger partial charge in [-0.25, -0.2) is 9.97 Å². The average molecular weight is 405 g/mol. The van der Waals surface area contributed by atoms with Gasteiger partial charge in [0.15, 0.2) is 0 Å². The first-order valence-electron chi connectivity index (χ1n) is 10.3. The minimum absolute atomic E-state index is 0.0252. The van der Waals surface area contributed by atoms with Crippen molar-refractivity contribution in [1.29, 1.82) is 0 Å². The highest BCUT2D eigenvalue weighted by molar-refractivity contribution is 5.96. The van der Waals surface area contributed by atoms with Crippen molar-refractivity contribution in [2.45, 2.75) is 25.8 Å². The maximum atomic E-state index is 13.2. The van der Waals surface area contributed by atoms with Crippen LogP contribution in [0.3, 0.4) is 0 Å². The minimum atomic E-state index is -0.0655. The van der Waals surface area contributed by atoms with Gasteiger partial charge < -0.3 is 19.2 Å². The van der Waals surface area contributed by atoms with E-state index in [1.165, 1.54) is 0 Å². The molecule has 8 nitrogen and oxygen atoms in total. The van der Waals surface area contributed by atoms with E-state index < -0.39 is 0 Å². The Bertz CT molecular complexity index is 1140. The molecule has 3 aromatic heterocycles.